The van der Waals surface area contributed by atoms with Gasteiger partial charge in [-0.15, -0.1) is 0 Å². The number of aryl methyl sites for hydroxylation is 1. The zero-order valence-corrected chi connectivity index (χ0v) is 15.4. The van der Waals surface area contributed by atoms with Gasteiger partial charge in [-0.25, -0.2) is 0 Å². The summed E-state index contributed by atoms with van der Waals surface area (Å²) in [5.74, 6) is 0.963. The van der Waals surface area contributed by atoms with E-state index in [4.69, 9.17) is 4.74 Å². The Hall–Kier alpha value is -2.82. The van der Waals surface area contributed by atoms with Gasteiger partial charge in [0, 0.05) is 23.8 Å². The van der Waals surface area contributed by atoms with Gasteiger partial charge >= 0.3 is 0 Å². The van der Waals surface area contributed by atoms with Crippen LogP contribution in [0.25, 0.3) is 10.8 Å². The minimum Gasteiger partial charge on any atom is -0.497 e. The van der Waals surface area contributed by atoms with Crippen molar-refractivity contribution in [2.45, 2.75) is 44.2 Å². The van der Waals surface area contributed by atoms with Gasteiger partial charge in [0.1, 0.15) is 5.75 Å². The molecule has 5 nitrogen and oxygen atoms in total. The average molecular weight is 361 g/mol. The second kappa shape index (κ2) is 6.41. The maximum Gasteiger partial charge on any atom is 0.254 e. The van der Waals surface area contributed by atoms with Crippen molar-refractivity contribution in [3.8, 4) is 5.75 Å². The van der Waals surface area contributed by atoms with Gasteiger partial charge < -0.3 is 9.64 Å². The highest BCUT2D eigenvalue weighted by atomic mass is 16.5. The topological polar surface area (TPSA) is 58.2 Å². The van der Waals surface area contributed by atoms with Gasteiger partial charge in [-0.05, 0) is 72.7 Å². The maximum atomic E-state index is 13.4. The monoisotopic (exact) mass is 361 g/mol. The van der Waals surface area contributed by atoms with Crippen LogP contribution in [0.5, 0.6) is 5.75 Å². The molecular weight excluding hydrogens is 338 g/mol. The number of hydrogen-bond acceptors (Lipinski definition) is 3. The third-order valence-corrected chi connectivity index (χ3v) is 5.84. The lowest BCUT2D eigenvalue weighted by molar-refractivity contribution is 0.0643. The van der Waals surface area contributed by atoms with Crippen molar-refractivity contribution in [2.24, 2.45) is 0 Å². The molecule has 1 atom stereocenters. The van der Waals surface area contributed by atoms with Crippen molar-refractivity contribution in [1.82, 2.24) is 15.1 Å². The lowest BCUT2D eigenvalue weighted by Crippen LogP contribution is -2.44. The van der Waals surface area contributed by atoms with Crippen LogP contribution in [0.3, 0.4) is 0 Å². The number of rotatable bonds is 4. The minimum atomic E-state index is 0.152. The number of benzene rings is 2. The summed E-state index contributed by atoms with van der Waals surface area (Å²) in [6.45, 7) is 0. The fraction of sp³-hybridized carbons (Fsp3) is 0.364. The highest BCUT2D eigenvalue weighted by Crippen LogP contribution is 2.35. The van der Waals surface area contributed by atoms with Gasteiger partial charge in [0.25, 0.3) is 5.91 Å². The Morgan fingerprint density at radius 2 is 1.96 bits per heavy atom. The van der Waals surface area contributed by atoms with Gasteiger partial charge in [-0.2, -0.15) is 5.10 Å². The molecule has 5 heteroatoms. The second-order valence-electron chi connectivity index (χ2n) is 7.63. The van der Waals surface area contributed by atoms with E-state index in [-0.39, 0.29) is 11.9 Å². The number of nitrogens with zero attached hydrogens (tertiary/aromatic N) is 2. The number of aromatic amines is 1. The molecule has 2 aliphatic carbocycles. The molecule has 1 saturated carbocycles. The van der Waals surface area contributed by atoms with E-state index in [0.29, 0.717) is 6.04 Å². The lowest BCUT2D eigenvalue weighted by atomic mass is 9.91. The molecule has 138 valence electrons. The van der Waals surface area contributed by atoms with Crippen molar-refractivity contribution in [3.05, 3.63) is 59.4 Å². The molecule has 5 rings (SSSR count). The highest BCUT2D eigenvalue weighted by molar-refractivity contribution is 5.99. The first kappa shape index (κ1) is 16.4. The summed E-state index contributed by atoms with van der Waals surface area (Å²) in [6, 6.07) is 12.6. The van der Waals surface area contributed by atoms with Crippen molar-refractivity contribution >= 4 is 16.7 Å². The first-order valence-electron chi connectivity index (χ1n) is 9.65. The zero-order valence-electron chi connectivity index (χ0n) is 15.4. The van der Waals surface area contributed by atoms with Crippen LogP contribution in [0.2, 0.25) is 0 Å². The highest BCUT2D eigenvalue weighted by Gasteiger charge is 2.39. The average Bonchev–Trinajstić information content (AvgIpc) is 3.42. The Morgan fingerprint density at radius 3 is 2.78 bits per heavy atom. The van der Waals surface area contributed by atoms with Crippen LogP contribution in [0.15, 0.2) is 42.6 Å². The summed E-state index contributed by atoms with van der Waals surface area (Å²) in [5, 5.41) is 9.45. The summed E-state index contributed by atoms with van der Waals surface area (Å²) in [6.07, 6.45) is 7.04. The molecule has 1 aromatic heterocycles. The molecule has 0 bridgehead atoms. The third kappa shape index (κ3) is 2.97. The van der Waals surface area contributed by atoms with Crippen molar-refractivity contribution in [3.63, 3.8) is 0 Å². The summed E-state index contributed by atoms with van der Waals surface area (Å²) in [5.41, 5.74) is 3.18. The Bertz CT molecular complexity index is 1010. The van der Waals surface area contributed by atoms with E-state index in [9.17, 15) is 4.79 Å². The van der Waals surface area contributed by atoms with Gasteiger partial charge in [-0.3, -0.25) is 9.89 Å². The SMILES string of the molecule is COc1ccc2ccc(C(=O)N(C3CC3)C3CCc4n[nH]cc4C3)cc2c1. The second-order valence-corrected chi connectivity index (χ2v) is 7.63. The fourth-order valence-electron chi connectivity index (χ4n) is 4.25. The number of amides is 1. The molecule has 27 heavy (non-hydrogen) atoms. The summed E-state index contributed by atoms with van der Waals surface area (Å²) in [7, 11) is 1.66. The number of aromatic nitrogens is 2. The molecule has 0 aliphatic heterocycles. The molecular formula is C22H23N3O2. The Morgan fingerprint density at radius 1 is 1.11 bits per heavy atom. The smallest absolute Gasteiger partial charge is 0.254 e. The van der Waals surface area contributed by atoms with Gasteiger partial charge in [0.15, 0.2) is 0 Å². The first-order chi connectivity index (χ1) is 13.2. The molecule has 0 radical (unpaired) electrons. The van der Waals surface area contributed by atoms with Crippen LogP contribution in [0.4, 0.5) is 0 Å². The Labute approximate surface area is 158 Å². The predicted molar refractivity (Wildman–Crippen MR) is 104 cm³/mol. The van der Waals surface area contributed by atoms with Gasteiger partial charge in [-0.1, -0.05) is 12.1 Å². The van der Waals surface area contributed by atoms with E-state index in [1.165, 1.54) is 5.56 Å². The van der Waals surface area contributed by atoms with Crippen LogP contribution in [-0.2, 0) is 12.8 Å². The standard InChI is InChI=1S/C22H23N3O2/c1-27-20-8-4-14-2-3-15(10-16(14)12-20)22(26)25(18-5-6-18)19-7-9-21-17(11-19)13-23-24-21/h2-4,8,10,12-13,18-19H,5-7,9,11H2,1H3,(H,23,24). The van der Waals surface area contributed by atoms with Crippen LogP contribution >= 0.6 is 0 Å². The molecule has 3 aromatic rings. The Balaban J connectivity index is 1.46. The van der Waals surface area contributed by atoms with Crippen molar-refractivity contribution in [1.29, 1.82) is 0 Å². The molecule has 2 aromatic carbocycles. The number of carbonyl (C=O) groups is 1. The number of nitrogens with one attached hydrogen (secondary N) is 1. The largest absolute Gasteiger partial charge is 0.497 e. The molecule has 1 unspecified atom stereocenters. The molecule has 0 saturated heterocycles. The van der Waals surface area contributed by atoms with E-state index in [0.717, 1.165) is 59.9 Å². The lowest BCUT2D eigenvalue weighted by Gasteiger charge is -2.34. The number of hydrogen-bond donors (Lipinski definition) is 1. The van der Waals surface area contributed by atoms with Crippen LogP contribution < -0.4 is 4.74 Å². The van der Waals surface area contributed by atoms with E-state index in [1.807, 2.05) is 42.6 Å². The summed E-state index contributed by atoms with van der Waals surface area (Å²) >= 11 is 0. The number of fused-ring (bicyclic) bond motifs is 2. The Kier molecular flexibility index (Phi) is 3.88. The third-order valence-electron chi connectivity index (χ3n) is 5.84. The van der Waals surface area contributed by atoms with E-state index in [1.54, 1.807) is 7.11 Å². The number of H-pyrrole nitrogens is 1. The number of carbonyl (C=O) groups excluding carboxylic acids is 1. The van der Waals surface area contributed by atoms with Crippen LogP contribution in [0.1, 0.15) is 40.9 Å². The van der Waals surface area contributed by atoms with Crippen LogP contribution in [0, 0.1) is 0 Å². The molecule has 1 amide bonds. The molecule has 1 heterocycles. The van der Waals surface area contributed by atoms with Gasteiger partial charge in [0.05, 0.1) is 12.8 Å². The minimum absolute atomic E-state index is 0.152. The van der Waals surface area contributed by atoms with E-state index >= 15 is 0 Å². The zero-order chi connectivity index (χ0) is 18.4. The molecule has 0 spiro atoms. The predicted octanol–water partition coefficient (Wildman–Crippen LogP) is 3.73. The van der Waals surface area contributed by atoms with E-state index < -0.39 is 0 Å². The molecule has 1 N–H and O–H groups in total. The van der Waals surface area contributed by atoms with E-state index in [2.05, 4.69) is 15.1 Å². The molecule has 1 fully saturated rings. The molecule has 2 aliphatic rings. The number of methoxy groups -OCH3 is 1. The van der Waals surface area contributed by atoms with Gasteiger partial charge in [0.2, 0.25) is 0 Å². The van der Waals surface area contributed by atoms with Crippen molar-refractivity contribution < 1.29 is 9.53 Å². The fourth-order valence-corrected chi connectivity index (χ4v) is 4.25. The normalized spacial score (nSPS) is 18.9. The summed E-state index contributed by atoms with van der Waals surface area (Å²) < 4.78 is 5.33. The quantitative estimate of drug-likeness (QED) is 0.770. The number of ether oxygens (including phenoxy) is 1. The maximum absolute atomic E-state index is 13.4. The summed E-state index contributed by atoms with van der Waals surface area (Å²) in [4.78, 5) is 15.6. The van der Waals surface area contributed by atoms with Crippen molar-refractivity contribution in [2.75, 3.05) is 7.11 Å². The van der Waals surface area contributed by atoms with Crippen LogP contribution in [-0.4, -0.2) is 40.2 Å². The first-order valence-corrected chi connectivity index (χ1v) is 9.65.